The molecule has 76 valence electrons. The van der Waals surface area contributed by atoms with Crippen LogP contribution in [0, 0.1) is 0 Å². The Morgan fingerprint density at radius 1 is 1.12 bits per heavy atom. The van der Waals surface area contributed by atoms with E-state index in [-0.39, 0.29) is 62.5 Å². The summed E-state index contributed by atoms with van der Waals surface area (Å²) in [4.78, 5) is 34.1. The molecule has 5 nitrogen and oxygen atoms in total. The van der Waals surface area contributed by atoms with Gasteiger partial charge in [-0.25, -0.2) is 0 Å². The standard InChI is InChI=1S/C10H7NO4.K/c12-8(13)5-11-9(14)6-3-1-2-4-7(6)10(11)15;/h1-4H,5H2,(H,12,13);/q;+1/p-1. The average molecular weight is 243 g/mol. The van der Waals surface area contributed by atoms with Crippen molar-refractivity contribution in [1.29, 1.82) is 0 Å². The number of fused-ring (bicyclic) bond motifs is 1. The molecule has 0 N–H and O–H groups in total. The average Bonchev–Trinajstić information content (AvgIpc) is 2.44. The molecule has 16 heavy (non-hydrogen) atoms. The van der Waals surface area contributed by atoms with Crippen LogP contribution in [0.2, 0.25) is 0 Å². The zero-order valence-corrected chi connectivity index (χ0v) is 11.7. The molecule has 1 aliphatic heterocycles. The van der Waals surface area contributed by atoms with Crippen LogP contribution < -0.4 is 56.5 Å². The van der Waals surface area contributed by atoms with Gasteiger partial charge in [-0.2, -0.15) is 0 Å². The van der Waals surface area contributed by atoms with E-state index in [1.165, 1.54) is 12.1 Å². The van der Waals surface area contributed by atoms with E-state index < -0.39 is 24.3 Å². The van der Waals surface area contributed by atoms with E-state index >= 15 is 0 Å². The molecule has 0 radical (unpaired) electrons. The van der Waals surface area contributed by atoms with E-state index in [4.69, 9.17) is 0 Å². The molecule has 6 heteroatoms. The molecule has 1 aliphatic rings. The van der Waals surface area contributed by atoms with Gasteiger partial charge in [0.2, 0.25) is 0 Å². The van der Waals surface area contributed by atoms with E-state index in [1.807, 2.05) is 0 Å². The SMILES string of the molecule is O=C([O-])CN1C(=O)c2ccccc2C1=O.[K+]. The van der Waals surface area contributed by atoms with Gasteiger partial charge < -0.3 is 9.90 Å². The Morgan fingerprint density at radius 2 is 1.56 bits per heavy atom. The summed E-state index contributed by atoms with van der Waals surface area (Å²) in [7, 11) is 0. The van der Waals surface area contributed by atoms with Gasteiger partial charge in [-0.1, -0.05) is 12.1 Å². The van der Waals surface area contributed by atoms with Gasteiger partial charge in [0.25, 0.3) is 11.8 Å². The largest absolute Gasteiger partial charge is 1.00 e. The Bertz CT molecular complexity index is 437. The molecule has 0 aliphatic carbocycles. The third-order valence-electron chi connectivity index (χ3n) is 2.17. The summed E-state index contributed by atoms with van der Waals surface area (Å²) in [6, 6.07) is 6.22. The predicted octanol–water partition coefficient (Wildman–Crippen LogP) is -3.96. The van der Waals surface area contributed by atoms with Crippen molar-refractivity contribution >= 4 is 17.8 Å². The number of imide groups is 1. The number of aliphatic carboxylic acids is 1. The van der Waals surface area contributed by atoms with Crippen LogP contribution in [0.15, 0.2) is 24.3 Å². The van der Waals surface area contributed by atoms with Crippen LogP contribution in [0.4, 0.5) is 0 Å². The van der Waals surface area contributed by atoms with Crippen molar-refractivity contribution in [2.45, 2.75) is 0 Å². The second-order valence-electron chi connectivity index (χ2n) is 3.11. The van der Waals surface area contributed by atoms with E-state index in [2.05, 4.69) is 0 Å². The van der Waals surface area contributed by atoms with Crippen LogP contribution in [0.25, 0.3) is 0 Å². The Morgan fingerprint density at radius 3 is 1.94 bits per heavy atom. The van der Waals surface area contributed by atoms with Crippen molar-refractivity contribution in [2.75, 3.05) is 6.54 Å². The van der Waals surface area contributed by atoms with Gasteiger partial charge in [-0.3, -0.25) is 14.5 Å². The molecule has 0 spiro atoms. The first kappa shape index (κ1) is 13.5. The molecule has 0 bridgehead atoms. The topological polar surface area (TPSA) is 77.5 Å². The fourth-order valence-corrected chi connectivity index (χ4v) is 1.51. The minimum absolute atomic E-state index is 0. The zero-order chi connectivity index (χ0) is 11.0. The molecule has 1 heterocycles. The minimum Gasteiger partial charge on any atom is -0.548 e. The van der Waals surface area contributed by atoms with Crippen LogP contribution in [0.5, 0.6) is 0 Å². The number of carbonyl (C=O) groups is 3. The van der Waals surface area contributed by atoms with E-state index in [1.54, 1.807) is 12.1 Å². The summed E-state index contributed by atoms with van der Waals surface area (Å²) in [5, 5.41) is 10.3. The summed E-state index contributed by atoms with van der Waals surface area (Å²) >= 11 is 0. The smallest absolute Gasteiger partial charge is 0.548 e. The molecule has 0 saturated heterocycles. The Labute approximate surface area is 134 Å². The number of carboxylic acids is 1. The zero-order valence-electron chi connectivity index (χ0n) is 8.60. The summed E-state index contributed by atoms with van der Waals surface area (Å²) in [5.41, 5.74) is 0.479. The first-order chi connectivity index (χ1) is 7.11. The molecule has 2 amide bonds. The molecular formula is C10H6KNO4. The number of hydrogen-bond acceptors (Lipinski definition) is 4. The summed E-state index contributed by atoms with van der Waals surface area (Å²) in [5.74, 6) is -2.62. The van der Waals surface area contributed by atoms with Crippen molar-refractivity contribution in [3.63, 3.8) is 0 Å². The number of benzene rings is 1. The molecule has 0 fully saturated rings. The van der Waals surface area contributed by atoms with Gasteiger partial charge >= 0.3 is 51.4 Å². The molecule has 0 atom stereocenters. The number of carbonyl (C=O) groups excluding carboxylic acids is 3. The Kier molecular flexibility index (Phi) is 4.40. The number of rotatable bonds is 2. The maximum absolute atomic E-state index is 11.6. The van der Waals surface area contributed by atoms with Gasteiger partial charge in [0, 0.05) is 0 Å². The molecular weight excluding hydrogens is 237 g/mol. The van der Waals surface area contributed by atoms with Crippen LogP contribution in [0.1, 0.15) is 20.7 Å². The first-order valence-electron chi connectivity index (χ1n) is 4.26. The molecule has 0 aromatic heterocycles. The third-order valence-corrected chi connectivity index (χ3v) is 2.17. The third kappa shape index (κ3) is 2.25. The number of carboxylic acid groups (broad SMARTS) is 1. The summed E-state index contributed by atoms with van der Waals surface area (Å²) < 4.78 is 0. The maximum Gasteiger partial charge on any atom is 1.00 e. The van der Waals surface area contributed by atoms with Crippen molar-refractivity contribution in [3.05, 3.63) is 35.4 Å². The molecule has 1 aromatic carbocycles. The van der Waals surface area contributed by atoms with Gasteiger partial charge in [-0.15, -0.1) is 0 Å². The van der Waals surface area contributed by atoms with Crippen molar-refractivity contribution < 1.29 is 70.9 Å². The van der Waals surface area contributed by atoms with Crippen LogP contribution in [-0.2, 0) is 4.79 Å². The normalized spacial score (nSPS) is 13.4. The van der Waals surface area contributed by atoms with Crippen LogP contribution in [-0.4, -0.2) is 29.2 Å². The predicted molar refractivity (Wildman–Crippen MR) is 46.8 cm³/mol. The molecule has 0 saturated carbocycles. The second-order valence-corrected chi connectivity index (χ2v) is 3.11. The molecule has 1 aromatic rings. The fraction of sp³-hybridized carbons (Fsp3) is 0.100. The van der Waals surface area contributed by atoms with Crippen LogP contribution >= 0.6 is 0 Å². The van der Waals surface area contributed by atoms with Gasteiger partial charge in [0.05, 0.1) is 23.6 Å². The van der Waals surface area contributed by atoms with E-state index in [9.17, 15) is 19.5 Å². The molecule has 2 rings (SSSR count). The summed E-state index contributed by atoms with van der Waals surface area (Å²) in [6.45, 7) is -0.702. The number of amides is 2. The fourth-order valence-electron chi connectivity index (χ4n) is 1.51. The maximum atomic E-state index is 11.6. The van der Waals surface area contributed by atoms with Crippen molar-refractivity contribution in [3.8, 4) is 0 Å². The second kappa shape index (κ2) is 5.20. The van der Waals surface area contributed by atoms with Gasteiger partial charge in [-0.05, 0) is 12.1 Å². The van der Waals surface area contributed by atoms with Gasteiger partial charge in [0.1, 0.15) is 0 Å². The Balaban J connectivity index is 0.00000128. The number of nitrogens with zero attached hydrogens (tertiary/aromatic N) is 1. The Hall–Kier alpha value is -0.534. The van der Waals surface area contributed by atoms with Crippen molar-refractivity contribution in [2.24, 2.45) is 0 Å². The van der Waals surface area contributed by atoms with Crippen molar-refractivity contribution in [1.82, 2.24) is 4.90 Å². The summed E-state index contributed by atoms with van der Waals surface area (Å²) in [6.07, 6.45) is 0. The molecule has 0 unspecified atom stereocenters. The van der Waals surface area contributed by atoms with E-state index in [0.717, 1.165) is 0 Å². The minimum atomic E-state index is -1.45. The quantitative estimate of drug-likeness (QED) is 0.392. The monoisotopic (exact) mass is 243 g/mol. The first-order valence-corrected chi connectivity index (χ1v) is 4.26. The van der Waals surface area contributed by atoms with Gasteiger partial charge in [0.15, 0.2) is 0 Å². The van der Waals surface area contributed by atoms with E-state index in [0.29, 0.717) is 4.90 Å². The van der Waals surface area contributed by atoms with Crippen LogP contribution in [0.3, 0.4) is 0 Å². The number of hydrogen-bond donors (Lipinski definition) is 0.